The van der Waals surface area contributed by atoms with Crippen LogP contribution in [0.5, 0.6) is 0 Å². The Morgan fingerprint density at radius 2 is 1.73 bits per heavy atom. The lowest BCUT2D eigenvalue weighted by Gasteiger charge is -2.43. The highest BCUT2D eigenvalue weighted by atomic mass is 16.5. The number of aromatic nitrogens is 2. The number of aryl methyl sites for hydroxylation is 1. The first kappa shape index (κ1) is 29.9. The van der Waals surface area contributed by atoms with Gasteiger partial charge in [-0.3, -0.25) is 19.1 Å². The lowest BCUT2D eigenvalue weighted by Crippen LogP contribution is -2.52. The Kier molecular flexibility index (Phi) is 12.2. The van der Waals surface area contributed by atoms with E-state index in [-0.39, 0.29) is 18.1 Å². The van der Waals surface area contributed by atoms with Gasteiger partial charge in [0.25, 0.3) is 17.8 Å². The number of rotatable bonds is 5. The second-order valence-electron chi connectivity index (χ2n) is 9.10. The third-order valence-corrected chi connectivity index (χ3v) is 5.98. The SMILES string of the molecule is CC(=O)O.CC(=O)O.Cn1cc([C@H]2[C@H](CN3CCCCC3)OCCN2C(=O)c2cccc(CN)c2)cn1. The normalized spacial score (nSPS) is 19.6. The Balaban J connectivity index is 0.000000530. The third kappa shape index (κ3) is 9.95. The molecule has 1 amide bonds. The number of carboxylic acids is 2. The molecule has 4 rings (SSSR count). The van der Waals surface area contributed by atoms with E-state index in [1.165, 1.54) is 19.3 Å². The van der Waals surface area contributed by atoms with Crippen LogP contribution in [0.25, 0.3) is 0 Å². The van der Waals surface area contributed by atoms with Gasteiger partial charge in [0.1, 0.15) is 0 Å². The predicted octanol–water partition coefficient (Wildman–Crippen LogP) is 2.13. The Bertz CT molecular complexity index is 1000. The lowest BCUT2D eigenvalue weighted by molar-refractivity contribution is -0.135. The first-order valence-electron chi connectivity index (χ1n) is 12.4. The van der Waals surface area contributed by atoms with E-state index in [0.717, 1.165) is 44.6 Å². The number of carbonyl (C=O) groups is 3. The number of benzene rings is 1. The molecule has 2 aliphatic heterocycles. The van der Waals surface area contributed by atoms with Crippen LogP contribution in [0, 0.1) is 0 Å². The third-order valence-electron chi connectivity index (χ3n) is 5.98. The fraction of sp³-hybridized carbons (Fsp3) is 0.538. The molecule has 204 valence electrons. The molecule has 2 aromatic rings. The number of amides is 1. The van der Waals surface area contributed by atoms with Gasteiger partial charge in [-0.15, -0.1) is 0 Å². The molecule has 0 bridgehead atoms. The monoisotopic (exact) mass is 517 g/mol. The van der Waals surface area contributed by atoms with Gasteiger partial charge in [-0.25, -0.2) is 0 Å². The van der Waals surface area contributed by atoms with Crippen molar-refractivity contribution in [1.29, 1.82) is 0 Å². The molecule has 4 N–H and O–H groups in total. The van der Waals surface area contributed by atoms with Crippen molar-refractivity contribution in [3.05, 3.63) is 53.3 Å². The van der Waals surface area contributed by atoms with E-state index in [1.807, 2.05) is 48.6 Å². The number of nitrogens with two attached hydrogens (primary N) is 1. The minimum atomic E-state index is -0.833. The van der Waals surface area contributed by atoms with Crippen LogP contribution in [0.2, 0.25) is 0 Å². The Morgan fingerprint density at radius 1 is 1.08 bits per heavy atom. The molecule has 3 heterocycles. The van der Waals surface area contributed by atoms with Crippen molar-refractivity contribution < 1.29 is 29.3 Å². The van der Waals surface area contributed by atoms with Crippen LogP contribution in [0.4, 0.5) is 0 Å². The summed E-state index contributed by atoms with van der Waals surface area (Å²) in [5.41, 5.74) is 8.45. The Hall–Kier alpha value is -3.28. The highest BCUT2D eigenvalue weighted by Crippen LogP contribution is 2.32. The molecule has 1 aromatic carbocycles. The van der Waals surface area contributed by atoms with Gasteiger partial charge >= 0.3 is 0 Å². The predicted molar refractivity (Wildman–Crippen MR) is 138 cm³/mol. The van der Waals surface area contributed by atoms with E-state index in [0.29, 0.717) is 25.3 Å². The lowest BCUT2D eigenvalue weighted by atomic mass is 9.98. The molecule has 11 heteroatoms. The zero-order valence-corrected chi connectivity index (χ0v) is 21.9. The maximum absolute atomic E-state index is 13.5. The Morgan fingerprint density at radius 3 is 2.30 bits per heavy atom. The first-order chi connectivity index (χ1) is 17.6. The van der Waals surface area contributed by atoms with E-state index < -0.39 is 11.9 Å². The minimum Gasteiger partial charge on any atom is -0.481 e. The van der Waals surface area contributed by atoms with Gasteiger partial charge in [-0.1, -0.05) is 18.6 Å². The van der Waals surface area contributed by atoms with E-state index in [4.69, 9.17) is 30.3 Å². The first-order valence-corrected chi connectivity index (χ1v) is 12.4. The van der Waals surface area contributed by atoms with Crippen LogP contribution in [-0.4, -0.2) is 86.5 Å². The summed E-state index contributed by atoms with van der Waals surface area (Å²) in [7, 11) is 1.91. The number of aliphatic carboxylic acids is 2. The summed E-state index contributed by atoms with van der Waals surface area (Å²) in [5, 5.41) is 19.2. The molecule has 1 aromatic heterocycles. The molecule has 2 fully saturated rings. The molecule has 0 aliphatic carbocycles. The van der Waals surface area contributed by atoms with Gasteiger partial charge < -0.3 is 30.5 Å². The van der Waals surface area contributed by atoms with Crippen molar-refractivity contribution in [1.82, 2.24) is 19.6 Å². The number of carbonyl (C=O) groups excluding carboxylic acids is 1. The maximum Gasteiger partial charge on any atom is 0.300 e. The van der Waals surface area contributed by atoms with Gasteiger partial charge in [-0.05, 0) is 43.6 Å². The number of hydrogen-bond acceptors (Lipinski definition) is 7. The van der Waals surface area contributed by atoms with Crippen LogP contribution in [0.1, 0.15) is 60.6 Å². The van der Waals surface area contributed by atoms with Crippen molar-refractivity contribution >= 4 is 17.8 Å². The van der Waals surface area contributed by atoms with Gasteiger partial charge in [0.15, 0.2) is 0 Å². The number of ether oxygens (including phenoxy) is 1. The topological polar surface area (TPSA) is 151 Å². The molecule has 0 spiro atoms. The van der Waals surface area contributed by atoms with E-state index in [1.54, 1.807) is 4.68 Å². The van der Waals surface area contributed by atoms with Crippen LogP contribution in [0.3, 0.4) is 0 Å². The summed E-state index contributed by atoms with van der Waals surface area (Å²) in [6.45, 7) is 6.76. The number of morpholine rings is 1. The Labute approximate surface area is 217 Å². The number of hydrogen-bond donors (Lipinski definition) is 3. The van der Waals surface area contributed by atoms with E-state index in [2.05, 4.69) is 10.00 Å². The van der Waals surface area contributed by atoms with Gasteiger partial charge in [-0.2, -0.15) is 5.10 Å². The molecule has 0 unspecified atom stereocenters. The standard InChI is InChI=1S/C22H31N5O2.2C2H4O2/c1-25-15-19(14-24-25)21-20(16-26-8-3-2-4-9-26)29-11-10-27(21)22(28)18-7-5-6-17(12-18)13-23;2*1-2(3)4/h5-7,12,14-15,20-21H,2-4,8-11,13,16,23H2,1H3;2*1H3,(H,3,4)/t20-,21-;;/m0../s1. The van der Waals surface area contributed by atoms with Gasteiger partial charge in [0.05, 0.1) is 24.9 Å². The number of carboxylic acid groups (broad SMARTS) is 2. The smallest absolute Gasteiger partial charge is 0.300 e. The van der Waals surface area contributed by atoms with Gasteiger partial charge in [0, 0.05) is 57.9 Å². The fourth-order valence-corrected chi connectivity index (χ4v) is 4.49. The summed E-state index contributed by atoms with van der Waals surface area (Å²) in [6, 6.07) is 7.48. The van der Waals surface area contributed by atoms with Crippen molar-refractivity contribution in [2.24, 2.45) is 12.8 Å². The number of likely N-dealkylation sites (tertiary alicyclic amines) is 1. The van der Waals surface area contributed by atoms with Crippen molar-refractivity contribution in [2.75, 3.05) is 32.8 Å². The fourth-order valence-electron chi connectivity index (χ4n) is 4.49. The number of piperidine rings is 1. The van der Waals surface area contributed by atoms with Gasteiger partial charge in [0.2, 0.25) is 0 Å². The van der Waals surface area contributed by atoms with Crippen molar-refractivity contribution in [2.45, 2.75) is 51.8 Å². The molecular formula is C26H39N5O6. The van der Waals surface area contributed by atoms with E-state index >= 15 is 0 Å². The second-order valence-corrected chi connectivity index (χ2v) is 9.10. The molecule has 0 radical (unpaired) electrons. The summed E-state index contributed by atoms with van der Waals surface area (Å²) >= 11 is 0. The van der Waals surface area contributed by atoms with Crippen LogP contribution in [0.15, 0.2) is 36.7 Å². The van der Waals surface area contributed by atoms with Crippen molar-refractivity contribution in [3.63, 3.8) is 0 Å². The van der Waals surface area contributed by atoms with Crippen LogP contribution in [-0.2, 0) is 27.9 Å². The minimum absolute atomic E-state index is 0.0288. The molecule has 37 heavy (non-hydrogen) atoms. The summed E-state index contributed by atoms with van der Waals surface area (Å²) < 4.78 is 8.02. The zero-order valence-electron chi connectivity index (χ0n) is 21.9. The number of nitrogens with zero attached hydrogens (tertiary/aromatic N) is 4. The molecule has 11 nitrogen and oxygen atoms in total. The molecule has 2 saturated heterocycles. The summed E-state index contributed by atoms with van der Waals surface area (Å²) in [4.78, 5) is 35.9. The average Bonchev–Trinajstić information content (AvgIpc) is 3.29. The summed E-state index contributed by atoms with van der Waals surface area (Å²) in [5.74, 6) is -1.64. The second kappa shape index (κ2) is 15.1. The molecule has 0 saturated carbocycles. The molecule has 2 atom stereocenters. The average molecular weight is 518 g/mol. The highest BCUT2D eigenvalue weighted by molar-refractivity contribution is 5.94. The van der Waals surface area contributed by atoms with Crippen LogP contribution >= 0.6 is 0 Å². The molecular weight excluding hydrogens is 478 g/mol. The van der Waals surface area contributed by atoms with Crippen LogP contribution < -0.4 is 5.73 Å². The quantitative estimate of drug-likeness (QED) is 0.542. The highest BCUT2D eigenvalue weighted by Gasteiger charge is 2.38. The van der Waals surface area contributed by atoms with Crippen molar-refractivity contribution in [3.8, 4) is 0 Å². The largest absolute Gasteiger partial charge is 0.481 e. The summed E-state index contributed by atoms with van der Waals surface area (Å²) in [6.07, 6.45) is 7.57. The molecule has 2 aliphatic rings. The zero-order chi connectivity index (χ0) is 27.4. The maximum atomic E-state index is 13.5. The van der Waals surface area contributed by atoms with E-state index in [9.17, 15) is 4.79 Å².